The zero-order valence-corrected chi connectivity index (χ0v) is 16.9. The number of aryl methyl sites for hydroxylation is 2. The summed E-state index contributed by atoms with van der Waals surface area (Å²) in [5, 5.41) is 18.1. The SMILES string of the molecule is COC(=O)CC(c1ccc(C)c(CO)c1)c1cc(OC2CC2)c2c(c1)nnn2C. The Morgan fingerprint density at radius 1 is 1.28 bits per heavy atom. The van der Waals surface area contributed by atoms with Gasteiger partial charge >= 0.3 is 5.97 Å². The van der Waals surface area contributed by atoms with Gasteiger partial charge in [-0.1, -0.05) is 23.4 Å². The first-order valence-electron chi connectivity index (χ1n) is 9.77. The van der Waals surface area contributed by atoms with Crippen molar-refractivity contribution in [3.63, 3.8) is 0 Å². The normalized spacial score (nSPS) is 14.8. The molecule has 1 N–H and O–H groups in total. The number of hydrogen-bond donors (Lipinski definition) is 1. The van der Waals surface area contributed by atoms with Crippen molar-refractivity contribution < 1.29 is 19.4 Å². The molecule has 1 fully saturated rings. The maximum atomic E-state index is 12.2. The molecule has 1 heterocycles. The Morgan fingerprint density at radius 3 is 2.76 bits per heavy atom. The number of carbonyl (C=O) groups excluding carboxylic acids is 1. The fourth-order valence-electron chi connectivity index (χ4n) is 3.59. The average molecular weight is 395 g/mol. The van der Waals surface area contributed by atoms with Crippen molar-refractivity contribution in [2.75, 3.05) is 7.11 Å². The van der Waals surface area contributed by atoms with E-state index in [1.54, 1.807) is 4.68 Å². The van der Waals surface area contributed by atoms with Gasteiger partial charge in [0.15, 0.2) is 0 Å². The Balaban J connectivity index is 1.83. The molecule has 0 bridgehead atoms. The lowest BCUT2D eigenvalue weighted by Crippen LogP contribution is -2.11. The Hall–Kier alpha value is -2.93. The molecular formula is C22H25N3O4. The van der Waals surface area contributed by atoms with Crippen LogP contribution in [0.25, 0.3) is 11.0 Å². The lowest BCUT2D eigenvalue weighted by atomic mass is 9.86. The molecule has 1 unspecified atom stereocenters. The number of rotatable bonds is 7. The largest absolute Gasteiger partial charge is 0.488 e. The van der Waals surface area contributed by atoms with Gasteiger partial charge in [-0.2, -0.15) is 0 Å². The predicted molar refractivity (Wildman–Crippen MR) is 108 cm³/mol. The highest BCUT2D eigenvalue weighted by Gasteiger charge is 2.27. The third-order valence-corrected chi connectivity index (χ3v) is 5.45. The van der Waals surface area contributed by atoms with Crippen molar-refractivity contribution in [2.24, 2.45) is 7.05 Å². The topological polar surface area (TPSA) is 86.5 Å². The number of benzene rings is 2. The molecule has 1 aliphatic rings. The second-order valence-electron chi connectivity index (χ2n) is 7.59. The summed E-state index contributed by atoms with van der Waals surface area (Å²) in [6.45, 7) is 1.90. The van der Waals surface area contributed by atoms with Gasteiger partial charge in [-0.05, 0) is 54.2 Å². The van der Waals surface area contributed by atoms with Gasteiger partial charge in [-0.3, -0.25) is 4.79 Å². The summed E-state index contributed by atoms with van der Waals surface area (Å²) < 4.78 is 12.8. The second-order valence-corrected chi connectivity index (χ2v) is 7.59. The molecule has 152 valence electrons. The van der Waals surface area contributed by atoms with Gasteiger partial charge in [0.2, 0.25) is 0 Å². The van der Waals surface area contributed by atoms with Gasteiger partial charge in [0.25, 0.3) is 0 Å². The number of nitrogens with zero attached hydrogens (tertiary/aromatic N) is 3. The summed E-state index contributed by atoms with van der Waals surface area (Å²) in [5.41, 5.74) is 5.27. The van der Waals surface area contributed by atoms with Crippen LogP contribution in [-0.2, 0) is 23.2 Å². The summed E-state index contributed by atoms with van der Waals surface area (Å²) in [6, 6.07) is 9.84. The molecule has 0 amide bonds. The molecule has 0 radical (unpaired) electrons. The van der Waals surface area contributed by atoms with E-state index in [9.17, 15) is 9.90 Å². The third kappa shape index (κ3) is 3.96. The molecule has 1 aliphatic carbocycles. The average Bonchev–Trinajstić information content (AvgIpc) is 3.46. The minimum atomic E-state index is -0.301. The minimum absolute atomic E-state index is 0.0517. The highest BCUT2D eigenvalue weighted by molar-refractivity contribution is 5.83. The molecule has 29 heavy (non-hydrogen) atoms. The van der Waals surface area contributed by atoms with Crippen molar-refractivity contribution in [2.45, 2.75) is 44.8 Å². The number of aliphatic hydroxyl groups is 1. The molecule has 4 rings (SSSR count). The van der Waals surface area contributed by atoms with E-state index < -0.39 is 0 Å². The number of esters is 1. The number of fused-ring (bicyclic) bond motifs is 1. The molecule has 7 heteroatoms. The molecule has 7 nitrogen and oxygen atoms in total. The van der Waals surface area contributed by atoms with Crippen LogP contribution < -0.4 is 4.74 Å². The standard InChI is InChI=1S/C22H25N3O4/c1-13-4-5-14(8-16(13)12-26)18(11-21(27)28-3)15-9-19-22(25(2)24-23-19)20(10-15)29-17-6-7-17/h4-5,8-10,17-18,26H,6-7,11-12H2,1-3H3. The van der Waals surface area contributed by atoms with Gasteiger partial charge in [-0.15, -0.1) is 5.10 Å². The monoisotopic (exact) mass is 395 g/mol. The summed E-state index contributed by atoms with van der Waals surface area (Å²) in [6.07, 6.45) is 2.49. The lowest BCUT2D eigenvalue weighted by molar-refractivity contribution is -0.140. The molecular weight excluding hydrogens is 370 g/mol. The Morgan fingerprint density at radius 2 is 2.07 bits per heavy atom. The zero-order valence-electron chi connectivity index (χ0n) is 16.9. The van der Waals surface area contributed by atoms with Crippen LogP contribution in [0.1, 0.15) is 47.4 Å². The first kappa shape index (κ1) is 19.4. The first-order chi connectivity index (χ1) is 14.0. The van der Waals surface area contributed by atoms with E-state index in [1.807, 2.05) is 44.3 Å². The minimum Gasteiger partial charge on any atom is -0.488 e. The number of ether oxygens (including phenoxy) is 2. The van der Waals surface area contributed by atoms with Gasteiger partial charge in [-0.25, -0.2) is 4.68 Å². The molecule has 0 spiro atoms. The third-order valence-electron chi connectivity index (χ3n) is 5.45. The van der Waals surface area contributed by atoms with Crippen molar-refractivity contribution in [1.82, 2.24) is 15.0 Å². The molecule has 0 saturated heterocycles. The summed E-state index contributed by atoms with van der Waals surface area (Å²) >= 11 is 0. The van der Waals surface area contributed by atoms with E-state index in [2.05, 4.69) is 10.3 Å². The molecule has 1 saturated carbocycles. The van der Waals surface area contributed by atoms with E-state index in [1.165, 1.54) is 7.11 Å². The van der Waals surface area contributed by atoms with Crippen LogP contribution in [0.5, 0.6) is 5.75 Å². The second kappa shape index (κ2) is 7.83. The number of methoxy groups -OCH3 is 1. The molecule has 0 aliphatic heterocycles. The maximum Gasteiger partial charge on any atom is 0.306 e. The Kier molecular flexibility index (Phi) is 5.24. The van der Waals surface area contributed by atoms with Crippen molar-refractivity contribution in [3.05, 3.63) is 52.6 Å². The van der Waals surface area contributed by atoms with Crippen LogP contribution in [0.2, 0.25) is 0 Å². The molecule has 1 aromatic heterocycles. The summed E-state index contributed by atoms with van der Waals surface area (Å²) in [7, 11) is 3.23. The van der Waals surface area contributed by atoms with E-state index in [4.69, 9.17) is 9.47 Å². The van der Waals surface area contributed by atoms with Crippen LogP contribution >= 0.6 is 0 Å². The van der Waals surface area contributed by atoms with Crippen LogP contribution in [0.4, 0.5) is 0 Å². The van der Waals surface area contributed by atoms with Crippen molar-refractivity contribution in [1.29, 1.82) is 0 Å². The number of aliphatic hydroxyl groups excluding tert-OH is 1. The predicted octanol–water partition coefficient (Wildman–Crippen LogP) is 3.01. The van der Waals surface area contributed by atoms with Crippen LogP contribution in [0.3, 0.4) is 0 Å². The zero-order chi connectivity index (χ0) is 20.5. The van der Waals surface area contributed by atoms with E-state index in [0.29, 0.717) is 0 Å². The summed E-state index contributed by atoms with van der Waals surface area (Å²) in [5.74, 6) is 0.184. The molecule has 2 aromatic carbocycles. The fraction of sp³-hybridized carbons (Fsp3) is 0.409. The van der Waals surface area contributed by atoms with Crippen molar-refractivity contribution >= 4 is 17.0 Å². The van der Waals surface area contributed by atoms with E-state index in [-0.39, 0.29) is 31.0 Å². The summed E-state index contributed by atoms with van der Waals surface area (Å²) in [4.78, 5) is 12.2. The van der Waals surface area contributed by atoms with Gasteiger partial charge in [0, 0.05) is 13.0 Å². The van der Waals surface area contributed by atoms with E-state index in [0.717, 1.165) is 51.9 Å². The molecule has 1 atom stereocenters. The smallest absolute Gasteiger partial charge is 0.306 e. The highest BCUT2D eigenvalue weighted by atomic mass is 16.5. The number of hydrogen-bond acceptors (Lipinski definition) is 6. The van der Waals surface area contributed by atoms with E-state index >= 15 is 0 Å². The molecule has 3 aromatic rings. The fourth-order valence-corrected chi connectivity index (χ4v) is 3.59. The van der Waals surface area contributed by atoms with Crippen LogP contribution in [-0.4, -0.2) is 39.3 Å². The number of aromatic nitrogens is 3. The van der Waals surface area contributed by atoms with Gasteiger partial charge in [0.05, 0.1) is 26.2 Å². The lowest BCUT2D eigenvalue weighted by Gasteiger charge is -2.20. The quantitative estimate of drug-likeness (QED) is 0.619. The van der Waals surface area contributed by atoms with Gasteiger partial charge in [0.1, 0.15) is 16.8 Å². The Labute approximate surface area is 169 Å². The maximum absolute atomic E-state index is 12.2. The Bertz CT molecular complexity index is 1060. The first-order valence-corrected chi connectivity index (χ1v) is 9.77. The number of carbonyl (C=O) groups is 1. The van der Waals surface area contributed by atoms with Crippen molar-refractivity contribution in [3.8, 4) is 5.75 Å². The van der Waals surface area contributed by atoms with Crippen LogP contribution in [0.15, 0.2) is 30.3 Å². The van der Waals surface area contributed by atoms with Crippen LogP contribution in [0, 0.1) is 6.92 Å². The van der Waals surface area contributed by atoms with Gasteiger partial charge < -0.3 is 14.6 Å². The highest BCUT2D eigenvalue weighted by Crippen LogP contribution is 2.37.